The maximum Gasteiger partial charge on any atom is 0.193 e. The number of nitrogens with zero attached hydrogens (tertiary/aromatic N) is 2. The first-order valence-corrected chi connectivity index (χ1v) is 9.93. The summed E-state index contributed by atoms with van der Waals surface area (Å²) < 4.78 is 11.0. The number of halogens is 1. The highest BCUT2D eigenvalue weighted by Gasteiger charge is 2.40. The molecule has 1 saturated heterocycles. The number of aliphatic imine (C=N–C) groups is 1. The second-order valence-corrected chi connectivity index (χ2v) is 7.54. The Morgan fingerprint density at radius 3 is 2.81 bits per heavy atom. The van der Waals surface area contributed by atoms with Crippen molar-refractivity contribution in [3.63, 3.8) is 0 Å². The molecule has 0 amide bonds. The Balaban J connectivity index is 1.42. The third kappa shape index (κ3) is 5.35. The van der Waals surface area contributed by atoms with Gasteiger partial charge in [0.1, 0.15) is 0 Å². The fourth-order valence-electron chi connectivity index (χ4n) is 3.61. The summed E-state index contributed by atoms with van der Waals surface area (Å²) in [4.78, 5) is 6.85. The smallest absolute Gasteiger partial charge is 0.193 e. The monoisotopic (exact) mass is 379 g/mol. The highest BCUT2D eigenvalue weighted by atomic mass is 35.5. The van der Waals surface area contributed by atoms with Gasteiger partial charge < -0.3 is 19.7 Å². The summed E-state index contributed by atoms with van der Waals surface area (Å²) in [5.41, 5.74) is 1.31. The molecule has 1 N–H and O–H groups in total. The number of piperidine rings is 1. The molecule has 0 bridgehead atoms. The molecule has 0 spiro atoms. The fraction of sp³-hybridized carbons (Fsp3) is 0.650. The molecular formula is C20H30ClN3O2. The second-order valence-electron chi connectivity index (χ2n) is 7.10. The van der Waals surface area contributed by atoms with Crippen LogP contribution in [0.25, 0.3) is 0 Å². The summed E-state index contributed by atoms with van der Waals surface area (Å²) in [6.45, 7) is 3.53. The molecule has 1 aromatic carbocycles. The topological polar surface area (TPSA) is 46.1 Å². The van der Waals surface area contributed by atoms with Gasteiger partial charge in [-0.2, -0.15) is 0 Å². The number of nitrogens with one attached hydrogen (secondary N) is 1. The lowest BCUT2D eigenvalue weighted by Crippen LogP contribution is -2.47. The van der Waals surface area contributed by atoms with Gasteiger partial charge in [-0.25, -0.2) is 0 Å². The van der Waals surface area contributed by atoms with E-state index in [4.69, 9.17) is 21.1 Å². The van der Waals surface area contributed by atoms with Gasteiger partial charge in [-0.3, -0.25) is 4.99 Å². The third-order valence-electron chi connectivity index (χ3n) is 5.18. The Morgan fingerprint density at radius 1 is 1.31 bits per heavy atom. The van der Waals surface area contributed by atoms with Crippen LogP contribution in [0.15, 0.2) is 29.3 Å². The van der Waals surface area contributed by atoms with Crippen LogP contribution in [0.4, 0.5) is 0 Å². The molecule has 6 heteroatoms. The van der Waals surface area contributed by atoms with Crippen molar-refractivity contribution in [3.05, 3.63) is 34.9 Å². The standard InChI is InChI=1S/C20H30ClN3O2/c1-22-20(23-19-14-18(19)15-5-3-6-16(21)13-15)24-9-7-17(8-10-24)26-12-4-11-25-2/h3,5-6,13,17-19H,4,7-12,14H2,1-2H3,(H,22,23). The molecule has 2 atom stereocenters. The summed E-state index contributed by atoms with van der Waals surface area (Å²) in [6.07, 6.45) is 4.57. The normalized spacial score (nSPS) is 24.0. The number of likely N-dealkylation sites (tertiary alicyclic amines) is 1. The van der Waals surface area contributed by atoms with E-state index in [2.05, 4.69) is 27.3 Å². The van der Waals surface area contributed by atoms with Crippen molar-refractivity contribution in [2.24, 2.45) is 4.99 Å². The molecule has 1 saturated carbocycles. The first kappa shape index (κ1) is 19.5. The second kappa shape index (κ2) is 9.58. The predicted molar refractivity (Wildman–Crippen MR) is 106 cm³/mol. The van der Waals surface area contributed by atoms with E-state index in [0.29, 0.717) is 18.1 Å². The molecule has 2 aliphatic rings. The quantitative estimate of drug-likeness (QED) is 0.448. The summed E-state index contributed by atoms with van der Waals surface area (Å²) in [6, 6.07) is 8.64. The summed E-state index contributed by atoms with van der Waals surface area (Å²) in [5.74, 6) is 1.55. The average molecular weight is 380 g/mol. The minimum absolute atomic E-state index is 0.362. The summed E-state index contributed by atoms with van der Waals surface area (Å²) in [7, 11) is 3.60. The number of benzene rings is 1. The van der Waals surface area contributed by atoms with Crippen LogP contribution in [0.1, 0.15) is 37.2 Å². The number of hydrogen-bond donors (Lipinski definition) is 1. The first-order chi connectivity index (χ1) is 12.7. The van der Waals surface area contributed by atoms with Gasteiger partial charge in [0, 0.05) is 57.4 Å². The van der Waals surface area contributed by atoms with E-state index in [1.807, 2.05) is 19.2 Å². The molecule has 1 aliphatic heterocycles. The molecule has 5 nitrogen and oxygen atoms in total. The third-order valence-corrected chi connectivity index (χ3v) is 5.42. The van der Waals surface area contributed by atoms with E-state index < -0.39 is 0 Å². The van der Waals surface area contributed by atoms with Gasteiger partial charge in [0.25, 0.3) is 0 Å². The van der Waals surface area contributed by atoms with E-state index in [9.17, 15) is 0 Å². The van der Waals surface area contributed by atoms with Gasteiger partial charge in [0.2, 0.25) is 0 Å². The SMILES string of the molecule is CN=C(NC1CC1c1cccc(Cl)c1)N1CCC(OCCCOC)CC1. The van der Waals surface area contributed by atoms with Gasteiger partial charge in [0.15, 0.2) is 5.96 Å². The Kier molecular flexibility index (Phi) is 7.17. The van der Waals surface area contributed by atoms with Gasteiger partial charge in [-0.05, 0) is 43.4 Å². The molecule has 26 heavy (non-hydrogen) atoms. The first-order valence-electron chi connectivity index (χ1n) is 9.55. The highest BCUT2D eigenvalue weighted by molar-refractivity contribution is 6.30. The maximum atomic E-state index is 6.12. The van der Waals surface area contributed by atoms with Crippen molar-refractivity contribution in [2.45, 2.75) is 43.7 Å². The van der Waals surface area contributed by atoms with Crippen LogP contribution in [-0.4, -0.2) is 63.5 Å². The van der Waals surface area contributed by atoms with Crippen LogP contribution < -0.4 is 5.32 Å². The number of methoxy groups -OCH3 is 1. The van der Waals surface area contributed by atoms with E-state index in [1.54, 1.807) is 7.11 Å². The predicted octanol–water partition coefficient (Wildman–Crippen LogP) is 3.29. The molecule has 3 rings (SSSR count). The molecular weight excluding hydrogens is 350 g/mol. The van der Waals surface area contributed by atoms with E-state index >= 15 is 0 Å². The van der Waals surface area contributed by atoms with Crippen molar-refractivity contribution >= 4 is 17.6 Å². The molecule has 2 unspecified atom stereocenters. The number of hydrogen-bond acceptors (Lipinski definition) is 3. The fourth-order valence-corrected chi connectivity index (χ4v) is 3.81. The highest BCUT2D eigenvalue weighted by Crippen LogP contribution is 2.41. The van der Waals surface area contributed by atoms with Crippen LogP contribution in [0.2, 0.25) is 5.02 Å². The summed E-state index contributed by atoms with van der Waals surface area (Å²) >= 11 is 6.12. The molecule has 1 aliphatic carbocycles. The zero-order valence-corrected chi connectivity index (χ0v) is 16.5. The average Bonchev–Trinajstić information content (AvgIpc) is 3.43. The Hall–Kier alpha value is -1.30. The van der Waals surface area contributed by atoms with Gasteiger partial charge >= 0.3 is 0 Å². The molecule has 1 heterocycles. The van der Waals surface area contributed by atoms with Crippen LogP contribution in [0.5, 0.6) is 0 Å². The van der Waals surface area contributed by atoms with Crippen molar-refractivity contribution in [1.82, 2.24) is 10.2 Å². The van der Waals surface area contributed by atoms with Crippen LogP contribution >= 0.6 is 11.6 Å². The molecule has 0 aromatic heterocycles. The van der Waals surface area contributed by atoms with Crippen molar-refractivity contribution in [3.8, 4) is 0 Å². The van der Waals surface area contributed by atoms with Crippen LogP contribution in [0.3, 0.4) is 0 Å². The Labute approximate surface area is 161 Å². The van der Waals surface area contributed by atoms with Gasteiger partial charge in [0.05, 0.1) is 6.10 Å². The zero-order valence-electron chi connectivity index (χ0n) is 15.8. The van der Waals surface area contributed by atoms with Crippen LogP contribution in [-0.2, 0) is 9.47 Å². The number of ether oxygens (including phenoxy) is 2. The van der Waals surface area contributed by atoms with Crippen molar-refractivity contribution < 1.29 is 9.47 Å². The minimum atomic E-state index is 0.362. The lowest BCUT2D eigenvalue weighted by molar-refractivity contribution is 0.00989. The van der Waals surface area contributed by atoms with Crippen LogP contribution in [0, 0.1) is 0 Å². The molecule has 2 fully saturated rings. The maximum absolute atomic E-state index is 6.12. The van der Waals surface area contributed by atoms with Gasteiger partial charge in [-0.15, -0.1) is 0 Å². The van der Waals surface area contributed by atoms with Crippen molar-refractivity contribution in [2.75, 3.05) is 40.5 Å². The van der Waals surface area contributed by atoms with Gasteiger partial charge in [-0.1, -0.05) is 23.7 Å². The Bertz CT molecular complexity index is 602. The zero-order chi connectivity index (χ0) is 18.4. The van der Waals surface area contributed by atoms with E-state index in [0.717, 1.165) is 63.0 Å². The van der Waals surface area contributed by atoms with Crippen molar-refractivity contribution in [1.29, 1.82) is 0 Å². The van der Waals surface area contributed by atoms with E-state index in [-0.39, 0.29) is 0 Å². The minimum Gasteiger partial charge on any atom is -0.385 e. The molecule has 144 valence electrons. The molecule has 0 radical (unpaired) electrons. The molecule has 1 aromatic rings. The summed E-state index contributed by atoms with van der Waals surface area (Å²) in [5, 5.41) is 4.44. The van der Waals surface area contributed by atoms with E-state index in [1.165, 1.54) is 5.56 Å². The lowest BCUT2D eigenvalue weighted by Gasteiger charge is -2.34. The number of rotatable bonds is 7. The Morgan fingerprint density at radius 2 is 2.12 bits per heavy atom. The number of guanidine groups is 1. The lowest BCUT2D eigenvalue weighted by atomic mass is 10.1. The largest absolute Gasteiger partial charge is 0.385 e.